The van der Waals surface area contributed by atoms with Crippen LogP contribution in [0.4, 0.5) is 5.69 Å². The molecule has 8 heteroatoms. The predicted octanol–water partition coefficient (Wildman–Crippen LogP) is 5.99. The lowest BCUT2D eigenvalue weighted by Crippen LogP contribution is -2.28. The summed E-state index contributed by atoms with van der Waals surface area (Å²) in [4.78, 5) is 30.8. The monoisotopic (exact) mass is 502 g/mol. The Bertz CT molecular complexity index is 1300. The number of nitrogens with zero attached hydrogens (tertiary/aromatic N) is 2. The smallest absolute Gasteiger partial charge is 0.335 e. The number of carboxylic acid groups (broad SMARTS) is 1. The average Bonchev–Trinajstić information content (AvgIpc) is 3.18. The number of carbonyl (C=O) groups excluding carboxylic acids is 1. The van der Waals surface area contributed by atoms with E-state index in [2.05, 4.69) is 4.99 Å². The summed E-state index contributed by atoms with van der Waals surface area (Å²) in [5.41, 5.74) is 2.63. The molecule has 3 aromatic rings. The summed E-state index contributed by atoms with van der Waals surface area (Å²) in [6, 6.07) is 21.7. The first-order chi connectivity index (χ1) is 17.5. The van der Waals surface area contributed by atoms with E-state index in [1.165, 1.54) is 23.9 Å². The van der Waals surface area contributed by atoms with Crippen molar-refractivity contribution in [1.82, 2.24) is 4.90 Å². The summed E-state index contributed by atoms with van der Waals surface area (Å²) in [6.45, 7) is 5.17. The largest absolute Gasteiger partial charge is 0.490 e. The van der Waals surface area contributed by atoms with Crippen molar-refractivity contribution >= 4 is 40.6 Å². The Kier molecular flexibility index (Phi) is 8.07. The number of hydrogen-bond acceptors (Lipinski definition) is 6. The van der Waals surface area contributed by atoms with Gasteiger partial charge in [0, 0.05) is 6.54 Å². The number of aromatic carboxylic acids is 1. The highest BCUT2D eigenvalue weighted by atomic mass is 32.2. The second-order valence-corrected chi connectivity index (χ2v) is 8.83. The number of ether oxygens (including phenoxy) is 2. The molecule has 1 heterocycles. The van der Waals surface area contributed by atoms with E-state index in [-0.39, 0.29) is 11.5 Å². The number of likely N-dealkylation sites (N-methyl/N-ethyl adjacent to an activating group) is 1. The molecule has 0 radical (unpaired) electrons. The van der Waals surface area contributed by atoms with Crippen LogP contribution < -0.4 is 9.47 Å². The first kappa shape index (κ1) is 25.1. The molecule has 1 N–H and O–H groups in total. The summed E-state index contributed by atoms with van der Waals surface area (Å²) < 4.78 is 11.8. The Morgan fingerprint density at radius 1 is 1.00 bits per heavy atom. The summed E-state index contributed by atoms with van der Waals surface area (Å²) in [6.07, 6.45) is 1.81. The highest BCUT2D eigenvalue weighted by molar-refractivity contribution is 8.18. The second-order valence-electron chi connectivity index (χ2n) is 7.82. The van der Waals surface area contributed by atoms with E-state index in [1.807, 2.05) is 68.5 Å². The van der Waals surface area contributed by atoms with Gasteiger partial charge in [-0.15, -0.1) is 0 Å². The Hall–Kier alpha value is -4.04. The van der Waals surface area contributed by atoms with Gasteiger partial charge in [0.25, 0.3) is 5.91 Å². The van der Waals surface area contributed by atoms with Crippen molar-refractivity contribution in [3.63, 3.8) is 0 Å². The third kappa shape index (κ3) is 5.95. The van der Waals surface area contributed by atoms with Crippen molar-refractivity contribution in [3.8, 4) is 11.5 Å². The van der Waals surface area contributed by atoms with Crippen molar-refractivity contribution < 1.29 is 24.2 Å². The van der Waals surface area contributed by atoms with E-state index in [0.29, 0.717) is 47.0 Å². The lowest BCUT2D eigenvalue weighted by molar-refractivity contribution is -0.122. The maximum Gasteiger partial charge on any atom is 0.335 e. The molecule has 0 bridgehead atoms. The molecule has 0 aliphatic carbocycles. The molecule has 7 nitrogen and oxygen atoms in total. The average molecular weight is 503 g/mol. The minimum atomic E-state index is -0.997. The van der Waals surface area contributed by atoms with Crippen molar-refractivity contribution in [2.75, 3.05) is 13.2 Å². The third-order valence-corrected chi connectivity index (χ3v) is 6.35. The van der Waals surface area contributed by atoms with Gasteiger partial charge in [0.1, 0.15) is 6.61 Å². The van der Waals surface area contributed by atoms with Gasteiger partial charge in [-0.2, -0.15) is 0 Å². The van der Waals surface area contributed by atoms with Gasteiger partial charge in [-0.25, -0.2) is 9.79 Å². The second kappa shape index (κ2) is 11.6. The fraction of sp³-hybridized carbons (Fsp3) is 0.179. The molecular formula is C28H26N2O5S. The van der Waals surface area contributed by atoms with E-state index in [4.69, 9.17) is 14.6 Å². The molecule has 1 saturated heterocycles. The molecule has 1 aliphatic rings. The van der Waals surface area contributed by atoms with Crippen molar-refractivity contribution in [2.24, 2.45) is 4.99 Å². The van der Waals surface area contributed by atoms with Crippen LogP contribution in [0.5, 0.6) is 11.5 Å². The third-order valence-electron chi connectivity index (χ3n) is 5.35. The van der Waals surface area contributed by atoms with Gasteiger partial charge in [0.15, 0.2) is 16.7 Å². The normalized spacial score (nSPS) is 15.5. The Balaban J connectivity index is 1.56. The van der Waals surface area contributed by atoms with Gasteiger partial charge >= 0.3 is 5.97 Å². The van der Waals surface area contributed by atoms with Crippen LogP contribution in [0.3, 0.4) is 0 Å². The quantitative estimate of drug-likeness (QED) is 0.362. The van der Waals surface area contributed by atoms with Crippen LogP contribution in [0, 0.1) is 0 Å². The Labute approximate surface area is 214 Å². The maximum absolute atomic E-state index is 13.0. The van der Waals surface area contributed by atoms with Crippen LogP contribution in [0.1, 0.15) is 35.3 Å². The standard InChI is InChI=1S/C28H26N2O5S/c1-3-30-26(31)25(36-28(30)29-22-13-11-21(12-14-22)27(32)33)17-20-10-15-23(24(16-20)34-4-2)35-18-19-8-6-5-7-9-19/h5-17H,3-4,18H2,1-2H3,(H,32,33). The van der Waals surface area contributed by atoms with Crippen LogP contribution in [-0.4, -0.2) is 40.2 Å². The van der Waals surface area contributed by atoms with Gasteiger partial charge in [-0.3, -0.25) is 9.69 Å². The van der Waals surface area contributed by atoms with Crippen molar-refractivity contribution in [2.45, 2.75) is 20.5 Å². The fourth-order valence-corrected chi connectivity index (χ4v) is 4.61. The van der Waals surface area contributed by atoms with Crippen LogP contribution in [0.2, 0.25) is 0 Å². The zero-order chi connectivity index (χ0) is 25.5. The van der Waals surface area contributed by atoms with E-state index >= 15 is 0 Å². The summed E-state index contributed by atoms with van der Waals surface area (Å²) in [5.74, 6) is 0.113. The molecule has 184 valence electrons. The zero-order valence-corrected chi connectivity index (χ0v) is 20.8. The highest BCUT2D eigenvalue weighted by Crippen LogP contribution is 2.36. The number of carboxylic acids is 1. The van der Waals surface area contributed by atoms with E-state index in [9.17, 15) is 9.59 Å². The van der Waals surface area contributed by atoms with Gasteiger partial charge in [0.2, 0.25) is 0 Å². The minimum Gasteiger partial charge on any atom is -0.490 e. The van der Waals surface area contributed by atoms with Crippen LogP contribution in [0.25, 0.3) is 6.08 Å². The summed E-state index contributed by atoms with van der Waals surface area (Å²) in [5, 5.41) is 9.63. The van der Waals surface area contributed by atoms with Gasteiger partial charge in [-0.05, 0) is 79.2 Å². The molecule has 0 saturated carbocycles. The summed E-state index contributed by atoms with van der Waals surface area (Å²) in [7, 11) is 0. The molecular weight excluding hydrogens is 476 g/mol. The number of thioether (sulfide) groups is 1. The lowest BCUT2D eigenvalue weighted by Gasteiger charge is -2.13. The van der Waals surface area contributed by atoms with Crippen LogP contribution >= 0.6 is 11.8 Å². The number of carbonyl (C=O) groups is 2. The molecule has 1 amide bonds. The zero-order valence-electron chi connectivity index (χ0n) is 20.0. The number of benzene rings is 3. The molecule has 4 rings (SSSR count). The van der Waals surface area contributed by atoms with E-state index in [0.717, 1.165) is 11.1 Å². The number of hydrogen-bond donors (Lipinski definition) is 1. The van der Waals surface area contributed by atoms with Gasteiger partial charge in [-0.1, -0.05) is 36.4 Å². The molecule has 0 atom stereocenters. The Morgan fingerprint density at radius 2 is 1.75 bits per heavy atom. The van der Waals surface area contributed by atoms with Gasteiger partial charge < -0.3 is 14.6 Å². The molecule has 3 aromatic carbocycles. The number of aliphatic imine (C=N–C) groups is 1. The molecule has 0 spiro atoms. The molecule has 36 heavy (non-hydrogen) atoms. The summed E-state index contributed by atoms with van der Waals surface area (Å²) >= 11 is 1.28. The Morgan fingerprint density at radius 3 is 2.42 bits per heavy atom. The number of amidine groups is 1. The molecule has 0 unspecified atom stereocenters. The molecule has 1 aliphatic heterocycles. The maximum atomic E-state index is 13.0. The predicted molar refractivity (Wildman–Crippen MR) is 142 cm³/mol. The number of amides is 1. The first-order valence-electron chi connectivity index (χ1n) is 11.6. The first-order valence-corrected chi connectivity index (χ1v) is 12.4. The van der Waals surface area contributed by atoms with Gasteiger partial charge in [0.05, 0.1) is 22.8 Å². The molecule has 1 fully saturated rings. The van der Waals surface area contributed by atoms with E-state index < -0.39 is 5.97 Å². The lowest BCUT2D eigenvalue weighted by atomic mass is 10.1. The fourth-order valence-electron chi connectivity index (χ4n) is 3.55. The highest BCUT2D eigenvalue weighted by Gasteiger charge is 2.32. The van der Waals surface area contributed by atoms with Crippen LogP contribution in [0.15, 0.2) is 82.7 Å². The minimum absolute atomic E-state index is 0.134. The van der Waals surface area contributed by atoms with Crippen molar-refractivity contribution in [3.05, 3.63) is 94.4 Å². The van der Waals surface area contributed by atoms with E-state index in [1.54, 1.807) is 17.0 Å². The van der Waals surface area contributed by atoms with Crippen LogP contribution in [-0.2, 0) is 11.4 Å². The SMILES string of the molecule is CCOc1cc(C=C2SC(=Nc3ccc(C(=O)O)cc3)N(CC)C2=O)ccc1OCc1ccccc1. The van der Waals surface area contributed by atoms with Crippen molar-refractivity contribution in [1.29, 1.82) is 0 Å². The molecule has 0 aromatic heterocycles. The topological polar surface area (TPSA) is 88.4 Å². The number of rotatable bonds is 9.